The summed E-state index contributed by atoms with van der Waals surface area (Å²) < 4.78 is 15.8. The Morgan fingerprint density at radius 3 is 2.22 bits per heavy atom. The van der Waals surface area contributed by atoms with Crippen LogP contribution in [0.3, 0.4) is 0 Å². The third-order valence-electron chi connectivity index (χ3n) is 3.14. The van der Waals surface area contributed by atoms with E-state index in [1.807, 2.05) is 12.1 Å². The van der Waals surface area contributed by atoms with E-state index >= 15 is 0 Å². The second-order valence-electron chi connectivity index (χ2n) is 4.75. The number of carbonyl (C=O) groups is 1. The van der Waals surface area contributed by atoms with Gasteiger partial charge in [0.15, 0.2) is 11.5 Å². The summed E-state index contributed by atoms with van der Waals surface area (Å²) in [5.74, 6) is 1.64. The van der Waals surface area contributed by atoms with Gasteiger partial charge in [-0.25, -0.2) is 0 Å². The van der Waals surface area contributed by atoms with Gasteiger partial charge in [0.05, 0.1) is 20.5 Å². The molecule has 0 aromatic heterocycles. The Balaban J connectivity index is 2.00. The molecule has 5 heteroatoms. The van der Waals surface area contributed by atoms with Crippen molar-refractivity contribution in [2.75, 3.05) is 19.5 Å². The normalized spacial score (nSPS) is 10.8. The molecule has 2 aromatic carbocycles. The molecule has 1 N–H and O–H groups in total. The van der Waals surface area contributed by atoms with Crippen LogP contribution in [0.2, 0.25) is 0 Å². The molecule has 0 aliphatic heterocycles. The summed E-state index contributed by atoms with van der Waals surface area (Å²) in [6.45, 7) is 1.67. The lowest BCUT2D eigenvalue weighted by Gasteiger charge is -2.09. The van der Waals surface area contributed by atoms with E-state index in [1.165, 1.54) is 6.26 Å². The number of amides is 1. The van der Waals surface area contributed by atoms with Gasteiger partial charge in [0.2, 0.25) is 0 Å². The molecule has 0 saturated heterocycles. The van der Waals surface area contributed by atoms with Gasteiger partial charge < -0.3 is 19.5 Å². The van der Waals surface area contributed by atoms with Crippen LogP contribution in [0.5, 0.6) is 17.2 Å². The SMILES string of the molecule is COc1ccc(NC(=O)/C(C)=C/Oc2ccccc2OC)cc1. The summed E-state index contributed by atoms with van der Waals surface area (Å²) in [6.07, 6.45) is 1.40. The topological polar surface area (TPSA) is 56.8 Å². The minimum atomic E-state index is -0.245. The van der Waals surface area contributed by atoms with Crippen molar-refractivity contribution < 1.29 is 19.0 Å². The van der Waals surface area contributed by atoms with Crippen LogP contribution in [0.25, 0.3) is 0 Å². The van der Waals surface area contributed by atoms with Gasteiger partial charge in [-0.15, -0.1) is 0 Å². The van der Waals surface area contributed by atoms with E-state index in [-0.39, 0.29) is 5.91 Å². The second-order valence-corrected chi connectivity index (χ2v) is 4.75. The molecular formula is C18H19NO4. The van der Waals surface area contributed by atoms with E-state index in [0.29, 0.717) is 22.8 Å². The molecule has 0 unspecified atom stereocenters. The summed E-state index contributed by atoms with van der Waals surface area (Å²) in [4.78, 5) is 12.1. The fraction of sp³-hybridized carbons (Fsp3) is 0.167. The maximum atomic E-state index is 12.1. The van der Waals surface area contributed by atoms with E-state index in [4.69, 9.17) is 14.2 Å². The highest BCUT2D eigenvalue weighted by molar-refractivity contribution is 6.03. The third kappa shape index (κ3) is 4.51. The first-order valence-corrected chi connectivity index (χ1v) is 7.06. The summed E-state index contributed by atoms with van der Waals surface area (Å²) in [5, 5.41) is 2.78. The van der Waals surface area contributed by atoms with E-state index in [9.17, 15) is 4.79 Å². The average molecular weight is 313 g/mol. The highest BCUT2D eigenvalue weighted by Crippen LogP contribution is 2.26. The largest absolute Gasteiger partial charge is 0.497 e. The number of rotatable bonds is 6. The predicted octanol–water partition coefficient (Wildman–Crippen LogP) is 3.63. The molecule has 0 spiro atoms. The molecule has 2 rings (SSSR count). The third-order valence-corrected chi connectivity index (χ3v) is 3.14. The lowest BCUT2D eigenvalue weighted by atomic mass is 10.2. The van der Waals surface area contributed by atoms with Crippen molar-refractivity contribution in [1.29, 1.82) is 0 Å². The number of carbonyl (C=O) groups excluding carboxylic acids is 1. The van der Waals surface area contributed by atoms with Crippen molar-refractivity contribution in [2.45, 2.75) is 6.92 Å². The fourth-order valence-electron chi connectivity index (χ4n) is 1.83. The van der Waals surface area contributed by atoms with Gasteiger partial charge >= 0.3 is 0 Å². The first-order chi connectivity index (χ1) is 11.1. The van der Waals surface area contributed by atoms with Gasteiger partial charge in [0.25, 0.3) is 5.91 Å². The number of nitrogens with one attached hydrogen (secondary N) is 1. The number of benzene rings is 2. The Morgan fingerprint density at radius 2 is 1.61 bits per heavy atom. The van der Waals surface area contributed by atoms with Crippen LogP contribution in [0.4, 0.5) is 5.69 Å². The van der Waals surface area contributed by atoms with Gasteiger partial charge in [-0.3, -0.25) is 4.79 Å². The molecule has 0 fully saturated rings. The molecule has 0 radical (unpaired) electrons. The summed E-state index contributed by atoms with van der Waals surface area (Å²) >= 11 is 0. The van der Waals surface area contributed by atoms with Gasteiger partial charge in [-0.05, 0) is 43.3 Å². The number of methoxy groups -OCH3 is 2. The molecule has 0 atom stereocenters. The molecule has 0 saturated carbocycles. The van der Waals surface area contributed by atoms with Crippen molar-refractivity contribution in [3.8, 4) is 17.2 Å². The van der Waals surface area contributed by atoms with E-state index in [2.05, 4.69) is 5.32 Å². The van der Waals surface area contributed by atoms with Crippen LogP contribution in [0.15, 0.2) is 60.4 Å². The van der Waals surface area contributed by atoms with Crippen molar-refractivity contribution in [2.24, 2.45) is 0 Å². The maximum absolute atomic E-state index is 12.1. The Kier molecular flexibility index (Phi) is 5.63. The zero-order valence-electron chi connectivity index (χ0n) is 13.3. The lowest BCUT2D eigenvalue weighted by Crippen LogP contribution is -2.13. The average Bonchev–Trinajstić information content (AvgIpc) is 2.60. The fourth-order valence-corrected chi connectivity index (χ4v) is 1.83. The summed E-state index contributed by atoms with van der Waals surface area (Å²) in [7, 11) is 3.16. The maximum Gasteiger partial charge on any atom is 0.254 e. The summed E-state index contributed by atoms with van der Waals surface area (Å²) in [6, 6.07) is 14.3. The highest BCUT2D eigenvalue weighted by Gasteiger charge is 2.07. The zero-order valence-corrected chi connectivity index (χ0v) is 13.3. The van der Waals surface area contributed by atoms with Crippen molar-refractivity contribution in [1.82, 2.24) is 0 Å². The Labute approximate surface area is 135 Å². The molecule has 5 nitrogen and oxygen atoms in total. The van der Waals surface area contributed by atoms with Gasteiger partial charge in [0, 0.05) is 11.3 Å². The molecular weight excluding hydrogens is 294 g/mol. The molecule has 1 amide bonds. The molecule has 2 aromatic rings. The quantitative estimate of drug-likeness (QED) is 0.653. The second kappa shape index (κ2) is 7.89. The molecule has 0 aliphatic rings. The number of hydrogen-bond acceptors (Lipinski definition) is 4. The van der Waals surface area contributed by atoms with Gasteiger partial charge in [-0.2, -0.15) is 0 Å². The molecule has 0 bridgehead atoms. The Morgan fingerprint density at radius 1 is 0.957 bits per heavy atom. The molecule has 120 valence electrons. The van der Waals surface area contributed by atoms with Gasteiger partial charge in [-0.1, -0.05) is 12.1 Å². The molecule has 0 aliphatic carbocycles. The first-order valence-electron chi connectivity index (χ1n) is 7.06. The van der Waals surface area contributed by atoms with Crippen LogP contribution in [0, 0.1) is 0 Å². The van der Waals surface area contributed by atoms with Gasteiger partial charge in [0.1, 0.15) is 5.75 Å². The number of hydrogen-bond donors (Lipinski definition) is 1. The van der Waals surface area contributed by atoms with Crippen LogP contribution < -0.4 is 19.5 Å². The number of para-hydroxylation sites is 2. The zero-order chi connectivity index (χ0) is 16.7. The Hall–Kier alpha value is -2.95. The van der Waals surface area contributed by atoms with Crippen LogP contribution in [0.1, 0.15) is 6.92 Å². The highest BCUT2D eigenvalue weighted by atomic mass is 16.5. The number of anilines is 1. The van der Waals surface area contributed by atoms with Crippen LogP contribution in [-0.2, 0) is 4.79 Å². The first kappa shape index (κ1) is 16.4. The monoisotopic (exact) mass is 313 g/mol. The number of ether oxygens (including phenoxy) is 3. The van der Waals surface area contributed by atoms with Crippen molar-refractivity contribution in [3.63, 3.8) is 0 Å². The van der Waals surface area contributed by atoms with E-state index in [1.54, 1.807) is 57.5 Å². The predicted molar refractivity (Wildman–Crippen MR) is 89.0 cm³/mol. The minimum absolute atomic E-state index is 0.245. The van der Waals surface area contributed by atoms with Crippen molar-refractivity contribution >= 4 is 11.6 Å². The smallest absolute Gasteiger partial charge is 0.254 e. The van der Waals surface area contributed by atoms with Crippen LogP contribution >= 0.6 is 0 Å². The molecule has 0 heterocycles. The molecule has 23 heavy (non-hydrogen) atoms. The summed E-state index contributed by atoms with van der Waals surface area (Å²) in [5.41, 5.74) is 1.12. The Bertz CT molecular complexity index is 692. The minimum Gasteiger partial charge on any atom is -0.497 e. The lowest BCUT2D eigenvalue weighted by molar-refractivity contribution is -0.112. The van der Waals surface area contributed by atoms with Crippen LogP contribution in [-0.4, -0.2) is 20.1 Å². The van der Waals surface area contributed by atoms with E-state index in [0.717, 1.165) is 5.75 Å². The standard InChI is InChI=1S/C18H19NO4/c1-13(12-23-17-7-5-4-6-16(17)22-3)18(20)19-14-8-10-15(21-2)11-9-14/h4-12H,1-3H3,(H,19,20)/b13-12+. The van der Waals surface area contributed by atoms with E-state index < -0.39 is 0 Å². The van der Waals surface area contributed by atoms with Crippen molar-refractivity contribution in [3.05, 3.63) is 60.4 Å².